The highest BCUT2D eigenvalue weighted by Gasteiger charge is 2.43. The molecule has 0 saturated carbocycles. The van der Waals surface area contributed by atoms with Gasteiger partial charge in [-0.3, -0.25) is 4.90 Å². The lowest BCUT2D eigenvalue weighted by Crippen LogP contribution is -2.64. The van der Waals surface area contributed by atoms with Gasteiger partial charge in [-0.1, -0.05) is 19.8 Å². The Morgan fingerprint density at radius 2 is 2.00 bits per heavy atom. The van der Waals surface area contributed by atoms with Gasteiger partial charge in [0.1, 0.15) is 0 Å². The minimum Gasteiger partial charge on any atom is -0.354 e. The molecule has 0 radical (unpaired) electrons. The van der Waals surface area contributed by atoms with E-state index in [1.807, 2.05) is 0 Å². The van der Waals surface area contributed by atoms with Gasteiger partial charge in [-0.25, -0.2) is 0 Å². The molecule has 1 rings (SSSR count). The molecule has 2 N–H and O–H groups in total. The molecule has 0 aliphatic carbocycles. The maximum atomic E-state index is 6.05. The van der Waals surface area contributed by atoms with Crippen LogP contribution in [0.4, 0.5) is 0 Å². The zero-order valence-electron chi connectivity index (χ0n) is 12.4. The van der Waals surface area contributed by atoms with E-state index in [0.29, 0.717) is 12.6 Å². The number of piperidine rings is 1. The van der Waals surface area contributed by atoms with Crippen LogP contribution in [-0.2, 0) is 9.47 Å². The van der Waals surface area contributed by atoms with Crippen molar-refractivity contribution in [2.75, 3.05) is 27.3 Å². The molecule has 0 amide bonds. The number of nitrogens with two attached hydrogens (primary N) is 1. The number of hydrogen-bond acceptors (Lipinski definition) is 4. The Morgan fingerprint density at radius 1 is 1.33 bits per heavy atom. The van der Waals surface area contributed by atoms with Crippen LogP contribution in [0.15, 0.2) is 0 Å². The van der Waals surface area contributed by atoms with Crippen molar-refractivity contribution >= 4 is 0 Å². The predicted octanol–water partition coefficient (Wildman–Crippen LogP) is 1.98. The Hall–Kier alpha value is -0.160. The van der Waals surface area contributed by atoms with Crippen molar-refractivity contribution in [1.29, 1.82) is 0 Å². The van der Waals surface area contributed by atoms with E-state index in [0.717, 1.165) is 6.54 Å². The summed E-state index contributed by atoms with van der Waals surface area (Å²) in [6, 6.07) is 0.616. The van der Waals surface area contributed by atoms with Gasteiger partial charge in [-0.05, 0) is 32.7 Å². The van der Waals surface area contributed by atoms with Crippen LogP contribution >= 0.6 is 0 Å². The topological polar surface area (TPSA) is 47.7 Å². The first-order chi connectivity index (χ1) is 8.63. The summed E-state index contributed by atoms with van der Waals surface area (Å²) < 4.78 is 11.0. The molecule has 2 unspecified atom stereocenters. The van der Waals surface area contributed by atoms with Crippen LogP contribution in [0.1, 0.15) is 46.0 Å². The van der Waals surface area contributed by atoms with E-state index in [1.165, 1.54) is 32.1 Å². The van der Waals surface area contributed by atoms with Gasteiger partial charge in [0.15, 0.2) is 6.29 Å². The molecule has 0 spiro atoms. The van der Waals surface area contributed by atoms with Crippen molar-refractivity contribution in [2.45, 2.75) is 63.8 Å². The summed E-state index contributed by atoms with van der Waals surface area (Å²) >= 11 is 0. The summed E-state index contributed by atoms with van der Waals surface area (Å²) in [6.07, 6.45) is 6.02. The van der Waals surface area contributed by atoms with Gasteiger partial charge < -0.3 is 15.2 Å². The lowest BCUT2D eigenvalue weighted by molar-refractivity contribution is -0.192. The fourth-order valence-corrected chi connectivity index (χ4v) is 3.26. The fraction of sp³-hybridized carbons (Fsp3) is 1.00. The molecule has 108 valence electrons. The van der Waals surface area contributed by atoms with Crippen LogP contribution in [-0.4, -0.2) is 50.1 Å². The molecular formula is C14H30N2O2. The molecule has 1 fully saturated rings. The van der Waals surface area contributed by atoms with E-state index in [-0.39, 0.29) is 11.8 Å². The molecule has 4 nitrogen and oxygen atoms in total. The molecule has 0 aromatic carbocycles. The first kappa shape index (κ1) is 15.9. The number of methoxy groups -OCH3 is 2. The zero-order chi connectivity index (χ0) is 13.6. The van der Waals surface area contributed by atoms with Gasteiger partial charge in [-0.2, -0.15) is 0 Å². The third-order valence-electron chi connectivity index (χ3n) is 4.25. The van der Waals surface area contributed by atoms with Crippen molar-refractivity contribution in [1.82, 2.24) is 4.90 Å². The molecule has 0 aromatic heterocycles. The highest BCUT2D eigenvalue weighted by Crippen LogP contribution is 2.31. The summed E-state index contributed by atoms with van der Waals surface area (Å²) in [7, 11) is 3.39. The average molecular weight is 258 g/mol. The third kappa shape index (κ3) is 3.23. The third-order valence-corrected chi connectivity index (χ3v) is 4.25. The second-order valence-corrected chi connectivity index (χ2v) is 5.50. The minimum atomic E-state index is -0.264. The average Bonchev–Trinajstić information content (AvgIpc) is 2.40. The van der Waals surface area contributed by atoms with Gasteiger partial charge >= 0.3 is 0 Å². The van der Waals surface area contributed by atoms with E-state index in [1.54, 1.807) is 14.2 Å². The fourth-order valence-electron chi connectivity index (χ4n) is 3.26. The Labute approximate surface area is 112 Å². The van der Waals surface area contributed by atoms with Crippen molar-refractivity contribution < 1.29 is 9.47 Å². The Bertz CT molecular complexity index is 232. The van der Waals surface area contributed by atoms with E-state index in [9.17, 15) is 0 Å². The summed E-state index contributed by atoms with van der Waals surface area (Å²) in [6.45, 7) is 6.07. The van der Waals surface area contributed by atoms with Gasteiger partial charge in [0, 0.05) is 26.8 Å². The highest BCUT2D eigenvalue weighted by atomic mass is 16.7. The summed E-state index contributed by atoms with van der Waals surface area (Å²) in [4.78, 5) is 2.53. The molecule has 2 atom stereocenters. The minimum absolute atomic E-state index is 0.232. The first-order valence-corrected chi connectivity index (χ1v) is 7.16. The smallest absolute Gasteiger partial charge is 0.176 e. The molecule has 1 aliphatic heterocycles. The normalized spacial score (nSPS) is 25.3. The standard InChI is InChI=1S/C14H30N2O2/c1-5-8-12-9-6-7-10-16(12)14(2,11-15)13(17-3)18-4/h12-13H,5-11,15H2,1-4H3. The SMILES string of the molecule is CCCC1CCCCN1C(C)(CN)C(OC)OC. The van der Waals surface area contributed by atoms with Crippen LogP contribution < -0.4 is 5.73 Å². The Morgan fingerprint density at radius 3 is 2.50 bits per heavy atom. The van der Waals surface area contributed by atoms with Crippen molar-refractivity contribution in [3.05, 3.63) is 0 Å². The van der Waals surface area contributed by atoms with Gasteiger partial charge in [0.2, 0.25) is 0 Å². The van der Waals surface area contributed by atoms with Crippen LogP contribution in [0.3, 0.4) is 0 Å². The Balaban J connectivity index is 2.88. The largest absolute Gasteiger partial charge is 0.354 e. The molecule has 0 aromatic rings. The van der Waals surface area contributed by atoms with Crippen LogP contribution in [0, 0.1) is 0 Å². The van der Waals surface area contributed by atoms with Crippen molar-refractivity contribution in [3.8, 4) is 0 Å². The van der Waals surface area contributed by atoms with E-state index < -0.39 is 0 Å². The van der Waals surface area contributed by atoms with Gasteiger partial charge in [-0.15, -0.1) is 0 Å². The second kappa shape index (κ2) is 7.43. The maximum Gasteiger partial charge on any atom is 0.176 e. The first-order valence-electron chi connectivity index (χ1n) is 7.16. The highest BCUT2D eigenvalue weighted by molar-refractivity contribution is 4.95. The molecule has 18 heavy (non-hydrogen) atoms. The van der Waals surface area contributed by atoms with E-state index in [4.69, 9.17) is 15.2 Å². The quantitative estimate of drug-likeness (QED) is 0.709. The molecular weight excluding hydrogens is 228 g/mol. The molecule has 4 heteroatoms. The van der Waals surface area contributed by atoms with Crippen LogP contribution in [0.5, 0.6) is 0 Å². The Kier molecular flexibility index (Phi) is 6.57. The monoisotopic (exact) mass is 258 g/mol. The van der Waals surface area contributed by atoms with Crippen molar-refractivity contribution in [3.63, 3.8) is 0 Å². The van der Waals surface area contributed by atoms with Crippen LogP contribution in [0.25, 0.3) is 0 Å². The predicted molar refractivity (Wildman–Crippen MR) is 74.5 cm³/mol. The number of rotatable bonds is 7. The molecule has 1 heterocycles. The lowest BCUT2D eigenvalue weighted by Gasteiger charge is -2.50. The van der Waals surface area contributed by atoms with Crippen LogP contribution in [0.2, 0.25) is 0 Å². The number of nitrogens with zero attached hydrogens (tertiary/aromatic N) is 1. The van der Waals surface area contributed by atoms with E-state index >= 15 is 0 Å². The van der Waals surface area contributed by atoms with Gasteiger partial charge in [0.05, 0.1) is 5.54 Å². The number of ether oxygens (including phenoxy) is 2. The number of likely N-dealkylation sites (tertiary alicyclic amines) is 1. The second-order valence-electron chi connectivity index (χ2n) is 5.50. The summed E-state index contributed by atoms with van der Waals surface area (Å²) in [5.41, 5.74) is 5.81. The van der Waals surface area contributed by atoms with Gasteiger partial charge in [0.25, 0.3) is 0 Å². The van der Waals surface area contributed by atoms with E-state index in [2.05, 4.69) is 18.7 Å². The molecule has 0 bridgehead atoms. The number of hydrogen-bond donors (Lipinski definition) is 1. The summed E-state index contributed by atoms with van der Waals surface area (Å²) in [5, 5.41) is 0. The zero-order valence-corrected chi connectivity index (χ0v) is 12.4. The lowest BCUT2D eigenvalue weighted by atomic mass is 9.89. The molecule has 1 saturated heterocycles. The summed E-state index contributed by atoms with van der Waals surface area (Å²) in [5.74, 6) is 0. The molecule has 1 aliphatic rings. The maximum absolute atomic E-state index is 6.05. The van der Waals surface area contributed by atoms with Crippen molar-refractivity contribution in [2.24, 2.45) is 5.73 Å².